The summed E-state index contributed by atoms with van der Waals surface area (Å²) in [5, 5.41) is 13.6. The van der Waals surface area contributed by atoms with Crippen LogP contribution in [-0.4, -0.2) is 31.0 Å². The second-order valence-electron chi connectivity index (χ2n) is 11.0. The molecule has 0 aliphatic carbocycles. The maximum absolute atomic E-state index is 13.6. The number of amides is 1. The van der Waals surface area contributed by atoms with Crippen LogP contribution in [0.5, 0.6) is 0 Å². The SMILES string of the molecule is CC(C)(C)c1ccc(S(=O)(=O)Nc2ccc3[nH]c(C(=O)NC(CO)c4ccccc4)c(-c4ccccc4)c3c2)cc1. The van der Waals surface area contributed by atoms with Crippen LogP contribution in [0.1, 0.15) is 48.4 Å². The van der Waals surface area contributed by atoms with Gasteiger partial charge in [-0.3, -0.25) is 9.52 Å². The summed E-state index contributed by atoms with van der Waals surface area (Å²) in [4.78, 5) is 17.0. The molecule has 4 N–H and O–H groups in total. The quantitative estimate of drug-likeness (QED) is 0.174. The molecule has 1 unspecified atom stereocenters. The molecule has 1 heterocycles. The third-order valence-electron chi connectivity index (χ3n) is 7.06. The van der Waals surface area contributed by atoms with Crippen LogP contribution in [0.15, 0.2) is 108 Å². The summed E-state index contributed by atoms with van der Waals surface area (Å²) in [6.45, 7) is 5.96. The first kappa shape index (κ1) is 28.1. The summed E-state index contributed by atoms with van der Waals surface area (Å²) in [5.41, 5.74) is 4.53. The van der Waals surface area contributed by atoms with Crippen LogP contribution in [0.2, 0.25) is 0 Å². The average molecular weight is 568 g/mol. The number of anilines is 1. The van der Waals surface area contributed by atoms with E-state index in [1.807, 2.05) is 72.8 Å². The second kappa shape index (κ2) is 11.2. The molecular formula is C33H33N3O4S. The van der Waals surface area contributed by atoms with E-state index in [0.717, 1.165) is 16.7 Å². The Bertz CT molecular complexity index is 1770. The van der Waals surface area contributed by atoms with E-state index < -0.39 is 16.1 Å². The lowest BCUT2D eigenvalue weighted by atomic mass is 9.87. The van der Waals surface area contributed by atoms with Crippen LogP contribution < -0.4 is 10.0 Å². The molecule has 0 saturated heterocycles. The van der Waals surface area contributed by atoms with Crippen molar-refractivity contribution in [2.24, 2.45) is 0 Å². The van der Waals surface area contributed by atoms with Gasteiger partial charge in [-0.15, -0.1) is 0 Å². The standard InChI is InChI=1S/C33H33N3O4S/c1-33(2,3)24-14-17-26(18-15-24)41(39,40)36-25-16-19-28-27(20-25)30(23-12-8-5-9-13-23)31(34-28)32(38)35-29(21-37)22-10-6-4-7-11-22/h4-20,29,34,36-37H,21H2,1-3H3,(H,35,38). The van der Waals surface area contributed by atoms with Crippen molar-refractivity contribution in [3.05, 3.63) is 120 Å². The van der Waals surface area contributed by atoms with Crippen molar-refractivity contribution in [1.29, 1.82) is 0 Å². The number of hydrogen-bond acceptors (Lipinski definition) is 4. The predicted molar refractivity (Wildman–Crippen MR) is 163 cm³/mol. The van der Waals surface area contributed by atoms with E-state index in [1.54, 1.807) is 30.3 Å². The number of sulfonamides is 1. The van der Waals surface area contributed by atoms with Gasteiger partial charge in [0.2, 0.25) is 0 Å². The van der Waals surface area contributed by atoms with E-state index in [1.165, 1.54) is 0 Å². The summed E-state index contributed by atoms with van der Waals surface area (Å²) in [6.07, 6.45) is 0. The van der Waals surface area contributed by atoms with Gasteiger partial charge >= 0.3 is 0 Å². The van der Waals surface area contributed by atoms with E-state index in [0.29, 0.717) is 27.8 Å². The maximum atomic E-state index is 13.6. The minimum absolute atomic E-state index is 0.0921. The first-order valence-electron chi connectivity index (χ1n) is 13.4. The largest absolute Gasteiger partial charge is 0.394 e. The van der Waals surface area contributed by atoms with Crippen molar-refractivity contribution in [3.8, 4) is 11.1 Å². The van der Waals surface area contributed by atoms with Crippen LogP contribution >= 0.6 is 0 Å². The molecule has 0 bridgehead atoms. The van der Waals surface area contributed by atoms with Gasteiger partial charge in [0.1, 0.15) is 5.69 Å². The number of aromatic amines is 1. The lowest BCUT2D eigenvalue weighted by molar-refractivity contribution is 0.0912. The van der Waals surface area contributed by atoms with E-state index in [4.69, 9.17) is 0 Å². The molecule has 0 fully saturated rings. The summed E-state index contributed by atoms with van der Waals surface area (Å²) in [6, 6.07) is 30.1. The minimum Gasteiger partial charge on any atom is -0.394 e. The number of aliphatic hydroxyl groups excluding tert-OH is 1. The topological polar surface area (TPSA) is 111 Å². The first-order valence-corrected chi connectivity index (χ1v) is 14.9. The Balaban J connectivity index is 1.52. The highest BCUT2D eigenvalue weighted by molar-refractivity contribution is 7.92. The maximum Gasteiger partial charge on any atom is 0.268 e. The molecule has 7 nitrogen and oxygen atoms in total. The number of H-pyrrole nitrogens is 1. The molecule has 0 radical (unpaired) electrons. The molecule has 41 heavy (non-hydrogen) atoms. The van der Waals surface area contributed by atoms with Gasteiger partial charge in [0, 0.05) is 22.2 Å². The molecule has 0 aliphatic heterocycles. The van der Waals surface area contributed by atoms with Crippen molar-refractivity contribution < 1.29 is 18.3 Å². The molecule has 0 spiro atoms. The van der Waals surface area contributed by atoms with Crippen molar-refractivity contribution in [2.45, 2.75) is 37.1 Å². The van der Waals surface area contributed by atoms with Gasteiger partial charge in [0.05, 0.1) is 17.5 Å². The number of fused-ring (bicyclic) bond motifs is 1. The van der Waals surface area contributed by atoms with Crippen LogP contribution in [0, 0.1) is 0 Å². The molecule has 210 valence electrons. The number of hydrogen-bond donors (Lipinski definition) is 4. The number of nitrogens with one attached hydrogen (secondary N) is 3. The van der Waals surface area contributed by atoms with Gasteiger partial charge < -0.3 is 15.4 Å². The molecular weight excluding hydrogens is 534 g/mol. The van der Waals surface area contributed by atoms with Crippen molar-refractivity contribution in [3.63, 3.8) is 0 Å². The number of aromatic nitrogens is 1. The van der Waals surface area contributed by atoms with Crippen molar-refractivity contribution in [2.75, 3.05) is 11.3 Å². The Hall–Kier alpha value is -4.40. The fraction of sp³-hybridized carbons (Fsp3) is 0.182. The highest BCUT2D eigenvalue weighted by Crippen LogP contribution is 2.35. The smallest absolute Gasteiger partial charge is 0.268 e. The molecule has 1 amide bonds. The highest BCUT2D eigenvalue weighted by Gasteiger charge is 2.23. The predicted octanol–water partition coefficient (Wildman–Crippen LogP) is 6.40. The number of rotatable bonds is 8. The van der Waals surface area contributed by atoms with Gasteiger partial charge in [-0.1, -0.05) is 93.6 Å². The lowest BCUT2D eigenvalue weighted by Gasteiger charge is -2.19. The van der Waals surface area contributed by atoms with Gasteiger partial charge in [-0.05, 0) is 52.4 Å². The van der Waals surface area contributed by atoms with Gasteiger partial charge in [0.15, 0.2) is 0 Å². The number of benzene rings is 4. The zero-order valence-electron chi connectivity index (χ0n) is 23.2. The Morgan fingerprint density at radius 2 is 1.51 bits per heavy atom. The fourth-order valence-electron chi connectivity index (χ4n) is 4.83. The lowest BCUT2D eigenvalue weighted by Crippen LogP contribution is -2.31. The third kappa shape index (κ3) is 6.04. The van der Waals surface area contributed by atoms with Crippen molar-refractivity contribution in [1.82, 2.24) is 10.3 Å². The highest BCUT2D eigenvalue weighted by atomic mass is 32.2. The van der Waals surface area contributed by atoms with Crippen LogP contribution in [0.4, 0.5) is 5.69 Å². The normalized spacial score (nSPS) is 12.7. The zero-order chi connectivity index (χ0) is 29.2. The molecule has 5 rings (SSSR count). The van der Waals surface area contributed by atoms with Crippen LogP contribution in [-0.2, 0) is 15.4 Å². The van der Waals surface area contributed by atoms with Crippen LogP contribution in [0.25, 0.3) is 22.0 Å². The van der Waals surface area contributed by atoms with Gasteiger partial charge in [-0.25, -0.2) is 8.42 Å². The van der Waals surface area contributed by atoms with Gasteiger partial charge in [0.25, 0.3) is 15.9 Å². The summed E-state index contributed by atoms with van der Waals surface area (Å²) < 4.78 is 29.2. The molecule has 4 aromatic carbocycles. The Morgan fingerprint density at radius 3 is 2.12 bits per heavy atom. The van der Waals surface area contributed by atoms with E-state index in [-0.39, 0.29) is 22.8 Å². The van der Waals surface area contributed by atoms with E-state index in [2.05, 4.69) is 35.8 Å². The number of carbonyl (C=O) groups excluding carboxylic acids is 1. The first-order chi connectivity index (χ1) is 19.6. The Labute approximate surface area is 240 Å². The Kier molecular flexibility index (Phi) is 7.71. The number of aliphatic hydroxyl groups is 1. The van der Waals surface area contributed by atoms with E-state index in [9.17, 15) is 18.3 Å². The van der Waals surface area contributed by atoms with Crippen LogP contribution in [0.3, 0.4) is 0 Å². The number of carbonyl (C=O) groups is 1. The zero-order valence-corrected chi connectivity index (χ0v) is 24.0. The summed E-state index contributed by atoms with van der Waals surface area (Å²) in [5.74, 6) is -0.385. The molecule has 0 saturated carbocycles. The molecule has 8 heteroatoms. The van der Waals surface area contributed by atoms with Gasteiger partial charge in [-0.2, -0.15) is 0 Å². The molecule has 1 atom stereocenters. The molecule has 1 aromatic heterocycles. The Morgan fingerprint density at radius 1 is 0.878 bits per heavy atom. The van der Waals surface area contributed by atoms with E-state index >= 15 is 0 Å². The third-order valence-corrected chi connectivity index (χ3v) is 8.46. The van der Waals surface area contributed by atoms with Crippen molar-refractivity contribution >= 4 is 32.5 Å². The minimum atomic E-state index is -3.85. The second-order valence-corrected chi connectivity index (χ2v) is 12.7. The fourth-order valence-corrected chi connectivity index (χ4v) is 5.88. The monoisotopic (exact) mass is 567 g/mol. The molecule has 0 aliphatic rings. The summed E-state index contributed by atoms with van der Waals surface area (Å²) in [7, 11) is -3.85. The average Bonchev–Trinajstić information content (AvgIpc) is 3.35. The summed E-state index contributed by atoms with van der Waals surface area (Å²) >= 11 is 0. The molecule has 5 aromatic rings.